The number of hydrogen-bond donors (Lipinski definition) is 2. The molecular formula is C15H12ClF3O4S. The monoisotopic (exact) mass is 380 g/mol. The first-order chi connectivity index (χ1) is 11.3. The van der Waals surface area contributed by atoms with Crippen LogP contribution in [-0.2, 0) is 30.5 Å². The average Bonchev–Trinajstić information content (AvgIpc) is 2.51. The van der Waals surface area contributed by atoms with Gasteiger partial charge in [0, 0.05) is 5.56 Å². The van der Waals surface area contributed by atoms with Gasteiger partial charge in [-0.15, -0.1) is 0 Å². The van der Waals surface area contributed by atoms with E-state index in [4.69, 9.17) is 16.3 Å². The number of hydrogen-bond acceptors (Lipinski definition) is 3. The predicted octanol–water partition coefficient (Wildman–Crippen LogP) is 4.01. The van der Waals surface area contributed by atoms with Crippen LogP contribution >= 0.6 is 11.6 Å². The third kappa shape index (κ3) is 4.07. The van der Waals surface area contributed by atoms with Crippen LogP contribution in [0.5, 0.6) is 5.75 Å². The summed E-state index contributed by atoms with van der Waals surface area (Å²) >= 11 is 3.01. The number of benzene rings is 2. The van der Waals surface area contributed by atoms with Crippen LogP contribution in [0.3, 0.4) is 0 Å². The fourth-order valence-electron chi connectivity index (χ4n) is 2.10. The summed E-state index contributed by atoms with van der Waals surface area (Å²) in [6.07, 6.45) is -4.86. The molecule has 0 bridgehead atoms. The molecular weight excluding hydrogens is 369 g/mol. The van der Waals surface area contributed by atoms with Crippen molar-refractivity contribution < 1.29 is 31.8 Å². The van der Waals surface area contributed by atoms with E-state index in [1.807, 2.05) is 0 Å². The Bertz CT molecular complexity index is 751. The van der Waals surface area contributed by atoms with Crippen LogP contribution in [0.25, 0.3) is 0 Å². The highest BCUT2D eigenvalue weighted by atomic mass is 35.5. The van der Waals surface area contributed by atoms with Gasteiger partial charge in [0.25, 0.3) is 0 Å². The Morgan fingerprint density at radius 2 is 1.83 bits per heavy atom. The molecule has 4 nitrogen and oxygen atoms in total. The summed E-state index contributed by atoms with van der Waals surface area (Å²) in [6, 6.07) is 9.09. The standard InChI is InChI=1S/C15H12ClF3O4S/c16-11-6-12(24(21)22)10(7-20)14(13(11)15(17,18)19)23-8-9-4-2-1-3-5-9/h1-6,20H,7-8H2,(H,21,22). The van der Waals surface area contributed by atoms with E-state index in [1.165, 1.54) is 0 Å². The van der Waals surface area contributed by atoms with Crippen LogP contribution in [0.1, 0.15) is 16.7 Å². The largest absolute Gasteiger partial charge is 0.488 e. The highest BCUT2D eigenvalue weighted by molar-refractivity contribution is 7.79. The Morgan fingerprint density at radius 3 is 2.33 bits per heavy atom. The molecule has 0 aliphatic heterocycles. The molecule has 9 heteroatoms. The van der Waals surface area contributed by atoms with Crippen LogP contribution in [-0.4, -0.2) is 13.9 Å². The fraction of sp³-hybridized carbons (Fsp3) is 0.200. The molecule has 24 heavy (non-hydrogen) atoms. The lowest BCUT2D eigenvalue weighted by Gasteiger charge is -2.20. The van der Waals surface area contributed by atoms with Crippen LogP contribution in [0.4, 0.5) is 13.2 Å². The molecule has 2 aromatic rings. The highest BCUT2D eigenvalue weighted by Crippen LogP contribution is 2.45. The molecule has 0 fully saturated rings. The summed E-state index contributed by atoms with van der Waals surface area (Å²) in [7, 11) is 0. The van der Waals surface area contributed by atoms with Gasteiger partial charge in [0.15, 0.2) is 11.1 Å². The van der Waals surface area contributed by atoms with Crippen molar-refractivity contribution in [3.63, 3.8) is 0 Å². The van der Waals surface area contributed by atoms with Gasteiger partial charge in [-0.2, -0.15) is 13.2 Å². The van der Waals surface area contributed by atoms with Gasteiger partial charge >= 0.3 is 6.18 Å². The molecule has 0 aliphatic rings. The SMILES string of the molecule is O=S(O)c1cc(Cl)c(C(F)(F)F)c(OCc2ccccc2)c1CO. The normalized spacial score (nSPS) is 12.9. The van der Waals surface area contributed by atoms with Gasteiger partial charge in [0.05, 0.1) is 16.5 Å². The Morgan fingerprint density at radius 1 is 1.21 bits per heavy atom. The van der Waals surface area contributed by atoms with Crippen LogP contribution < -0.4 is 4.74 Å². The van der Waals surface area contributed by atoms with E-state index in [1.54, 1.807) is 30.3 Å². The van der Waals surface area contributed by atoms with E-state index < -0.39 is 50.7 Å². The van der Waals surface area contributed by atoms with Crippen molar-refractivity contribution >= 4 is 22.7 Å². The molecule has 0 aliphatic carbocycles. The zero-order valence-electron chi connectivity index (χ0n) is 12.0. The molecule has 0 radical (unpaired) electrons. The maximum atomic E-state index is 13.3. The summed E-state index contributed by atoms with van der Waals surface area (Å²) in [6.45, 7) is -1.14. The first-order valence-electron chi connectivity index (χ1n) is 6.56. The minimum atomic E-state index is -4.86. The summed E-state index contributed by atoms with van der Waals surface area (Å²) in [5, 5.41) is 8.61. The second-order valence-corrected chi connectivity index (χ2v) is 6.06. The van der Waals surface area contributed by atoms with Gasteiger partial charge in [-0.3, -0.25) is 0 Å². The number of ether oxygens (including phenoxy) is 1. The Labute approximate surface area is 143 Å². The summed E-state index contributed by atoms with van der Waals surface area (Å²) in [5.74, 6) is -0.751. The summed E-state index contributed by atoms with van der Waals surface area (Å²) < 4.78 is 65.7. The van der Waals surface area contributed by atoms with E-state index in [2.05, 4.69) is 0 Å². The van der Waals surface area contributed by atoms with Crippen molar-refractivity contribution in [2.45, 2.75) is 24.3 Å². The molecule has 0 saturated heterocycles. The van der Waals surface area contributed by atoms with Gasteiger partial charge in [0.1, 0.15) is 17.9 Å². The van der Waals surface area contributed by atoms with E-state index >= 15 is 0 Å². The van der Waals surface area contributed by atoms with Crippen LogP contribution in [0, 0.1) is 0 Å². The number of aliphatic hydroxyl groups is 1. The van der Waals surface area contributed by atoms with Crippen molar-refractivity contribution in [1.29, 1.82) is 0 Å². The Kier molecular flexibility index (Phi) is 5.87. The molecule has 1 unspecified atom stereocenters. The third-order valence-corrected chi connectivity index (χ3v) is 4.19. The van der Waals surface area contributed by atoms with E-state index in [9.17, 15) is 27.0 Å². The van der Waals surface area contributed by atoms with Crippen LogP contribution in [0.15, 0.2) is 41.3 Å². The lowest BCUT2D eigenvalue weighted by Crippen LogP contribution is -2.14. The number of halogens is 4. The summed E-state index contributed by atoms with van der Waals surface area (Å²) in [5.41, 5.74) is -1.14. The zero-order chi connectivity index (χ0) is 17.9. The highest BCUT2D eigenvalue weighted by Gasteiger charge is 2.39. The maximum Gasteiger partial charge on any atom is 0.421 e. The van der Waals surface area contributed by atoms with Gasteiger partial charge in [-0.1, -0.05) is 41.9 Å². The Hall–Kier alpha value is -1.61. The fourth-order valence-corrected chi connectivity index (χ4v) is 3.06. The topological polar surface area (TPSA) is 66.8 Å². The minimum Gasteiger partial charge on any atom is -0.488 e. The van der Waals surface area contributed by atoms with Crippen molar-refractivity contribution in [2.75, 3.05) is 0 Å². The van der Waals surface area contributed by atoms with Gasteiger partial charge in [0.2, 0.25) is 0 Å². The first kappa shape index (κ1) is 18.7. The van der Waals surface area contributed by atoms with Gasteiger partial charge in [-0.25, -0.2) is 4.21 Å². The number of rotatable bonds is 5. The molecule has 0 spiro atoms. The molecule has 2 rings (SSSR count). The molecule has 0 heterocycles. The van der Waals surface area contributed by atoms with Crippen molar-refractivity contribution in [2.24, 2.45) is 0 Å². The minimum absolute atomic E-state index is 0.227. The second kappa shape index (κ2) is 7.52. The lowest BCUT2D eigenvalue weighted by molar-refractivity contribution is -0.139. The third-order valence-electron chi connectivity index (χ3n) is 3.15. The maximum absolute atomic E-state index is 13.3. The smallest absolute Gasteiger partial charge is 0.421 e. The van der Waals surface area contributed by atoms with E-state index in [-0.39, 0.29) is 6.61 Å². The Balaban J connectivity index is 2.58. The number of aliphatic hydroxyl groups excluding tert-OH is 1. The zero-order valence-corrected chi connectivity index (χ0v) is 13.6. The van der Waals surface area contributed by atoms with Crippen LogP contribution in [0.2, 0.25) is 5.02 Å². The van der Waals surface area contributed by atoms with E-state index in [0.717, 1.165) is 0 Å². The summed E-state index contributed by atoms with van der Waals surface area (Å²) in [4.78, 5) is -0.432. The molecule has 1 atom stereocenters. The van der Waals surface area contributed by atoms with Gasteiger partial charge in [-0.05, 0) is 11.6 Å². The molecule has 2 aromatic carbocycles. The van der Waals surface area contributed by atoms with Crippen molar-refractivity contribution in [1.82, 2.24) is 0 Å². The molecule has 0 aromatic heterocycles. The quantitative estimate of drug-likeness (QED) is 0.769. The lowest BCUT2D eigenvalue weighted by atomic mass is 10.1. The molecule has 0 amide bonds. The van der Waals surface area contributed by atoms with Crippen molar-refractivity contribution in [3.8, 4) is 5.75 Å². The number of alkyl halides is 3. The van der Waals surface area contributed by atoms with Crippen molar-refractivity contribution in [3.05, 3.63) is 58.1 Å². The predicted molar refractivity (Wildman–Crippen MR) is 82.2 cm³/mol. The average molecular weight is 381 g/mol. The first-order valence-corrected chi connectivity index (χ1v) is 8.05. The second-order valence-electron chi connectivity index (χ2n) is 4.72. The molecule has 2 N–H and O–H groups in total. The molecule has 130 valence electrons. The van der Waals surface area contributed by atoms with E-state index in [0.29, 0.717) is 11.6 Å². The van der Waals surface area contributed by atoms with Gasteiger partial charge < -0.3 is 14.4 Å². The molecule has 0 saturated carbocycles.